The monoisotopic (exact) mass is 210 g/mol. The summed E-state index contributed by atoms with van der Waals surface area (Å²) in [4.78, 5) is 14.2. The zero-order valence-corrected chi connectivity index (χ0v) is 9.88. The summed E-state index contributed by atoms with van der Waals surface area (Å²) in [5, 5.41) is 3.49. The molecule has 86 valence electrons. The summed E-state index contributed by atoms with van der Waals surface area (Å²) in [5.41, 5.74) is -0.290. The molecular formula is C12H22N2O. The Morgan fingerprint density at radius 2 is 2.00 bits per heavy atom. The van der Waals surface area contributed by atoms with Gasteiger partial charge in [-0.05, 0) is 38.6 Å². The van der Waals surface area contributed by atoms with Crippen LogP contribution < -0.4 is 5.32 Å². The average Bonchev–Trinajstić information content (AvgIpc) is 2.72. The maximum atomic E-state index is 12.3. The summed E-state index contributed by atoms with van der Waals surface area (Å²) in [6.45, 7) is 3.98. The number of likely N-dealkylation sites (N-methyl/N-ethyl adjacent to an activating group) is 1. The van der Waals surface area contributed by atoms with E-state index in [2.05, 4.69) is 12.2 Å². The van der Waals surface area contributed by atoms with Gasteiger partial charge in [-0.1, -0.05) is 12.8 Å². The SMILES string of the molecule is CN1CCCNC(C)(C2CCCC2)C1=O. The Labute approximate surface area is 92.2 Å². The van der Waals surface area contributed by atoms with Crippen LogP contribution in [0.4, 0.5) is 0 Å². The number of carbonyl (C=O) groups is 1. The first-order chi connectivity index (χ1) is 7.14. The van der Waals surface area contributed by atoms with Crippen molar-refractivity contribution in [3.63, 3.8) is 0 Å². The lowest BCUT2D eigenvalue weighted by Gasteiger charge is -2.36. The van der Waals surface area contributed by atoms with Crippen LogP contribution in [-0.2, 0) is 4.79 Å². The first-order valence-electron chi connectivity index (χ1n) is 6.15. The second-order valence-corrected chi connectivity index (χ2v) is 5.19. The van der Waals surface area contributed by atoms with E-state index in [-0.39, 0.29) is 5.54 Å². The minimum Gasteiger partial charge on any atom is -0.344 e. The predicted octanol–water partition coefficient (Wildman–Crippen LogP) is 1.39. The Morgan fingerprint density at radius 1 is 1.33 bits per heavy atom. The summed E-state index contributed by atoms with van der Waals surface area (Å²) in [7, 11) is 1.93. The Hall–Kier alpha value is -0.570. The number of carbonyl (C=O) groups excluding carboxylic acids is 1. The molecule has 0 radical (unpaired) electrons. The quantitative estimate of drug-likeness (QED) is 0.709. The average molecular weight is 210 g/mol. The van der Waals surface area contributed by atoms with Gasteiger partial charge in [-0.2, -0.15) is 0 Å². The van der Waals surface area contributed by atoms with Crippen molar-refractivity contribution in [3.8, 4) is 0 Å². The van der Waals surface area contributed by atoms with Crippen molar-refractivity contribution < 1.29 is 4.79 Å². The van der Waals surface area contributed by atoms with E-state index in [1.807, 2.05) is 11.9 Å². The topological polar surface area (TPSA) is 32.3 Å². The molecule has 3 heteroatoms. The summed E-state index contributed by atoms with van der Waals surface area (Å²) >= 11 is 0. The van der Waals surface area contributed by atoms with Gasteiger partial charge < -0.3 is 10.2 Å². The van der Waals surface area contributed by atoms with Crippen LogP contribution in [0.15, 0.2) is 0 Å². The van der Waals surface area contributed by atoms with Gasteiger partial charge in [0.25, 0.3) is 0 Å². The maximum absolute atomic E-state index is 12.3. The van der Waals surface area contributed by atoms with E-state index >= 15 is 0 Å². The van der Waals surface area contributed by atoms with Crippen molar-refractivity contribution >= 4 is 5.91 Å². The third kappa shape index (κ3) is 1.89. The van der Waals surface area contributed by atoms with Crippen LogP contribution in [0.5, 0.6) is 0 Å². The molecule has 1 amide bonds. The van der Waals surface area contributed by atoms with Gasteiger partial charge in [-0.15, -0.1) is 0 Å². The second kappa shape index (κ2) is 4.12. The molecule has 0 aromatic heterocycles. The molecule has 1 N–H and O–H groups in total. The van der Waals surface area contributed by atoms with Gasteiger partial charge in [0.05, 0.1) is 5.54 Å². The van der Waals surface area contributed by atoms with E-state index in [1.54, 1.807) is 0 Å². The Balaban J connectivity index is 2.18. The molecule has 1 atom stereocenters. The first kappa shape index (κ1) is 10.9. The lowest BCUT2D eigenvalue weighted by molar-refractivity contribution is -0.137. The summed E-state index contributed by atoms with van der Waals surface area (Å²) in [6.07, 6.45) is 6.08. The van der Waals surface area contributed by atoms with E-state index < -0.39 is 0 Å². The Bertz CT molecular complexity index is 248. The van der Waals surface area contributed by atoms with Crippen LogP contribution in [0.1, 0.15) is 39.0 Å². The van der Waals surface area contributed by atoms with Gasteiger partial charge in [0.2, 0.25) is 5.91 Å². The van der Waals surface area contributed by atoms with Gasteiger partial charge in [0, 0.05) is 13.6 Å². The van der Waals surface area contributed by atoms with Gasteiger partial charge in [0.15, 0.2) is 0 Å². The molecule has 1 heterocycles. The van der Waals surface area contributed by atoms with Gasteiger partial charge in [-0.3, -0.25) is 4.79 Å². The molecule has 15 heavy (non-hydrogen) atoms. The zero-order chi connectivity index (χ0) is 10.9. The number of hydrogen-bond acceptors (Lipinski definition) is 2. The van der Waals surface area contributed by atoms with Crippen molar-refractivity contribution in [2.24, 2.45) is 5.92 Å². The highest BCUT2D eigenvalue weighted by molar-refractivity contribution is 5.86. The van der Waals surface area contributed by atoms with Gasteiger partial charge >= 0.3 is 0 Å². The normalized spacial score (nSPS) is 34.5. The molecule has 2 fully saturated rings. The van der Waals surface area contributed by atoms with Crippen molar-refractivity contribution in [2.45, 2.75) is 44.6 Å². The van der Waals surface area contributed by atoms with E-state index in [9.17, 15) is 4.79 Å². The molecule has 1 saturated carbocycles. The molecule has 1 aliphatic carbocycles. The number of nitrogens with zero attached hydrogens (tertiary/aromatic N) is 1. The lowest BCUT2D eigenvalue weighted by atomic mass is 9.83. The van der Waals surface area contributed by atoms with E-state index in [4.69, 9.17) is 0 Å². The molecule has 2 rings (SSSR count). The third-order valence-corrected chi connectivity index (χ3v) is 4.13. The van der Waals surface area contributed by atoms with E-state index in [0.717, 1.165) is 19.5 Å². The van der Waals surface area contributed by atoms with Crippen LogP contribution in [0, 0.1) is 5.92 Å². The number of hydrogen-bond donors (Lipinski definition) is 1. The molecule has 3 nitrogen and oxygen atoms in total. The van der Waals surface area contributed by atoms with Crippen molar-refractivity contribution in [1.29, 1.82) is 0 Å². The largest absolute Gasteiger partial charge is 0.344 e. The van der Waals surface area contributed by atoms with Crippen LogP contribution >= 0.6 is 0 Å². The second-order valence-electron chi connectivity index (χ2n) is 5.19. The third-order valence-electron chi connectivity index (χ3n) is 4.13. The van der Waals surface area contributed by atoms with Crippen LogP contribution in [0.3, 0.4) is 0 Å². The molecular weight excluding hydrogens is 188 g/mol. The predicted molar refractivity (Wildman–Crippen MR) is 60.6 cm³/mol. The van der Waals surface area contributed by atoms with Crippen LogP contribution in [0.2, 0.25) is 0 Å². The van der Waals surface area contributed by atoms with E-state index in [0.29, 0.717) is 11.8 Å². The molecule has 0 bridgehead atoms. The minimum absolute atomic E-state index is 0.290. The molecule has 0 aromatic carbocycles. The van der Waals surface area contributed by atoms with Gasteiger partial charge in [0.1, 0.15) is 0 Å². The van der Waals surface area contributed by atoms with E-state index in [1.165, 1.54) is 25.7 Å². The minimum atomic E-state index is -0.290. The Kier molecular flexibility index (Phi) is 3.01. The number of nitrogens with one attached hydrogen (secondary N) is 1. The number of amides is 1. The fourth-order valence-corrected chi connectivity index (χ4v) is 3.06. The van der Waals surface area contributed by atoms with Crippen LogP contribution in [-0.4, -0.2) is 36.5 Å². The maximum Gasteiger partial charge on any atom is 0.242 e. The number of rotatable bonds is 1. The smallest absolute Gasteiger partial charge is 0.242 e. The van der Waals surface area contributed by atoms with Crippen molar-refractivity contribution in [2.75, 3.05) is 20.1 Å². The summed E-state index contributed by atoms with van der Waals surface area (Å²) in [5.74, 6) is 0.845. The molecule has 1 saturated heterocycles. The molecule has 0 spiro atoms. The highest BCUT2D eigenvalue weighted by Crippen LogP contribution is 2.35. The van der Waals surface area contributed by atoms with Crippen molar-refractivity contribution in [1.82, 2.24) is 10.2 Å². The lowest BCUT2D eigenvalue weighted by Crippen LogP contribution is -2.57. The highest BCUT2D eigenvalue weighted by Gasteiger charge is 2.44. The van der Waals surface area contributed by atoms with Crippen LogP contribution in [0.25, 0.3) is 0 Å². The molecule has 1 unspecified atom stereocenters. The summed E-state index contributed by atoms with van der Waals surface area (Å²) < 4.78 is 0. The fraction of sp³-hybridized carbons (Fsp3) is 0.917. The van der Waals surface area contributed by atoms with Crippen molar-refractivity contribution in [3.05, 3.63) is 0 Å². The highest BCUT2D eigenvalue weighted by atomic mass is 16.2. The Morgan fingerprint density at radius 3 is 2.67 bits per heavy atom. The fourth-order valence-electron chi connectivity index (χ4n) is 3.06. The molecule has 2 aliphatic rings. The summed E-state index contributed by atoms with van der Waals surface area (Å²) in [6, 6.07) is 0. The zero-order valence-electron chi connectivity index (χ0n) is 9.88. The molecule has 1 aliphatic heterocycles. The molecule has 0 aromatic rings. The first-order valence-corrected chi connectivity index (χ1v) is 6.15. The standard InChI is InChI=1S/C12H22N2O/c1-12(10-6-3-4-7-10)11(15)14(2)9-5-8-13-12/h10,13H,3-9H2,1-2H3. The van der Waals surface area contributed by atoms with Gasteiger partial charge in [-0.25, -0.2) is 0 Å².